The first-order valence-corrected chi connectivity index (χ1v) is 22.2. The molecule has 2 saturated heterocycles. The van der Waals surface area contributed by atoms with Gasteiger partial charge in [0.05, 0.1) is 56.6 Å². The maximum atomic E-state index is 14.2. The number of alkyl carbamates (subject to hydrolysis) is 2. The number of aromatic nitrogens is 2. The molecule has 0 aliphatic carbocycles. The average Bonchev–Trinajstić information content (AvgIpc) is 4.14. The van der Waals surface area contributed by atoms with Crippen molar-refractivity contribution in [2.75, 3.05) is 41.6 Å². The number of hydrogen-bond donors (Lipinski definition) is 3. The van der Waals surface area contributed by atoms with E-state index in [1.807, 2.05) is 42.8 Å². The summed E-state index contributed by atoms with van der Waals surface area (Å²) < 4.78 is 27.2. The highest BCUT2D eigenvalue weighted by molar-refractivity contribution is 6.06. The predicted molar refractivity (Wildman–Crippen MR) is 240 cm³/mol. The van der Waals surface area contributed by atoms with E-state index in [0.717, 1.165) is 80.7 Å². The molecule has 16 heteroatoms. The number of imidazole rings is 1. The van der Waals surface area contributed by atoms with Gasteiger partial charge in [-0.25, -0.2) is 14.6 Å². The number of carbonyl (C=O) groups is 4. The molecule has 8 rings (SSSR count). The van der Waals surface area contributed by atoms with Crippen molar-refractivity contribution in [3.05, 3.63) is 65.6 Å². The summed E-state index contributed by atoms with van der Waals surface area (Å²) in [5.41, 5.74) is 7.77. The topological polar surface area (TPSA) is 186 Å². The standard InChI is InChI=1S/C48H59N7O9/c1-9-25(2)42(52-47(58)62-7)46(57)55-26(3)10-15-39(55)44-49-21-38(51-44)30-11-13-32-31(17-30)24-64-41-20-33-29(18-35(32)41)12-14-36-34(33)19-37(50-36)40-16-28(23-60-5)22-54(40)45(56)43(27(4)61-6)53-48(59)63-8/h11-14,17-18,20-21,25-28,39-40,42-43H,9-10,15-16,19,22-24H2,1-8H3,(H,49,51)(H,52,58)(H,53,59)/t25-,26-,27+,28-,39-,40-,42?,43-/m0/s1. The summed E-state index contributed by atoms with van der Waals surface area (Å²) in [5, 5.41) is 7.56. The first kappa shape index (κ1) is 44.6. The van der Waals surface area contributed by atoms with Crippen LogP contribution >= 0.6 is 0 Å². The number of nitrogens with one attached hydrogen (secondary N) is 3. The molecule has 3 N–H and O–H groups in total. The van der Waals surface area contributed by atoms with Crippen LogP contribution in [-0.4, -0.2) is 121 Å². The number of carbonyl (C=O) groups excluding carboxylic acids is 4. The lowest BCUT2D eigenvalue weighted by atomic mass is 9.90. The highest BCUT2D eigenvalue weighted by atomic mass is 16.5. The van der Waals surface area contributed by atoms with Crippen molar-refractivity contribution < 1.29 is 42.9 Å². The smallest absolute Gasteiger partial charge is 0.407 e. The summed E-state index contributed by atoms with van der Waals surface area (Å²) in [6, 6.07) is 12.6. The van der Waals surface area contributed by atoms with Gasteiger partial charge in [0.2, 0.25) is 11.8 Å². The zero-order chi connectivity index (χ0) is 45.4. The van der Waals surface area contributed by atoms with E-state index in [4.69, 9.17) is 33.7 Å². The quantitative estimate of drug-likeness (QED) is 0.128. The van der Waals surface area contributed by atoms with Crippen LogP contribution in [-0.2, 0) is 41.6 Å². The third-order valence-electron chi connectivity index (χ3n) is 13.7. The van der Waals surface area contributed by atoms with Gasteiger partial charge in [-0.3, -0.25) is 14.6 Å². The summed E-state index contributed by atoms with van der Waals surface area (Å²) in [6.07, 6.45) is 3.44. The fourth-order valence-electron chi connectivity index (χ4n) is 9.92. The minimum atomic E-state index is -0.943. The average molecular weight is 878 g/mol. The van der Waals surface area contributed by atoms with E-state index < -0.39 is 30.4 Å². The maximum Gasteiger partial charge on any atom is 0.407 e. The number of hydrogen-bond acceptors (Lipinski definition) is 11. The van der Waals surface area contributed by atoms with Gasteiger partial charge in [-0.2, -0.15) is 0 Å². The predicted octanol–water partition coefficient (Wildman–Crippen LogP) is 6.86. The van der Waals surface area contributed by atoms with E-state index in [1.54, 1.807) is 14.0 Å². The summed E-state index contributed by atoms with van der Waals surface area (Å²) in [5.74, 6) is 1.12. The zero-order valence-electron chi connectivity index (χ0n) is 37.9. The molecule has 1 unspecified atom stereocenters. The molecule has 2 fully saturated rings. The number of aromatic amines is 1. The molecule has 64 heavy (non-hydrogen) atoms. The number of methoxy groups -OCH3 is 4. The number of fused-ring (bicyclic) bond motifs is 6. The lowest BCUT2D eigenvalue weighted by molar-refractivity contribution is -0.138. The van der Waals surface area contributed by atoms with Gasteiger partial charge in [0.1, 0.15) is 30.3 Å². The van der Waals surface area contributed by atoms with Crippen LogP contribution in [0.15, 0.2) is 53.7 Å². The molecule has 5 heterocycles. The van der Waals surface area contributed by atoms with E-state index >= 15 is 0 Å². The molecule has 340 valence electrons. The number of nitrogens with zero attached hydrogens (tertiary/aromatic N) is 4. The Morgan fingerprint density at radius 3 is 2.41 bits per heavy atom. The van der Waals surface area contributed by atoms with Crippen LogP contribution in [0.1, 0.15) is 76.4 Å². The van der Waals surface area contributed by atoms with Crippen LogP contribution in [0.25, 0.3) is 33.2 Å². The Labute approximate surface area is 373 Å². The molecular formula is C48H59N7O9. The molecule has 4 amide bonds. The van der Waals surface area contributed by atoms with Crippen molar-refractivity contribution in [1.82, 2.24) is 30.4 Å². The van der Waals surface area contributed by atoms with Gasteiger partial charge in [-0.05, 0) is 96.3 Å². The van der Waals surface area contributed by atoms with Gasteiger partial charge in [0.25, 0.3) is 0 Å². The number of ether oxygens (including phenoxy) is 5. The van der Waals surface area contributed by atoms with Crippen LogP contribution in [0.4, 0.5) is 15.3 Å². The lowest BCUT2D eigenvalue weighted by Crippen LogP contribution is -2.56. The van der Waals surface area contributed by atoms with Gasteiger partial charge in [-0.15, -0.1) is 0 Å². The van der Waals surface area contributed by atoms with E-state index in [9.17, 15) is 19.2 Å². The van der Waals surface area contributed by atoms with E-state index in [1.165, 1.54) is 21.3 Å². The molecular weight excluding hydrogens is 819 g/mol. The number of benzene rings is 3. The second-order valence-electron chi connectivity index (χ2n) is 17.6. The lowest BCUT2D eigenvalue weighted by Gasteiger charge is -2.33. The molecule has 4 aliphatic rings. The first-order valence-electron chi connectivity index (χ1n) is 22.2. The Morgan fingerprint density at radius 1 is 0.922 bits per heavy atom. The van der Waals surface area contributed by atoms with E-state index in [2.05, 4.69) is 52.0 Å². The minimum absolute atomic E-state index is 0.0200. The molecule has 0 radical (unpaired) electrons. The van der Waals surface area contributed by atoms with Gasteiger partial charge in [0, 0.05) is 50.4 Å². The van der Waals surface area contributed by atoms with Gasteiger partial charge in [-0.1, -0.05) is 38.5 Å². The largest absolute Gasteiger partial charge is 0.488 e. The van der Waals surface area contributed by atoms with E-state index in [-0.39, 0.29) is 41.8 Å². The summed E-state index contributed by atoms with van der Waals surface area (Å²) in [6.45, 7) is 9.08. The molecule has 16 nitrogen and oxygen atoms in total. The minimum Gasteiger partial charge on any atom is -0.488 e. The fraction of sp³-hybridized carbons (Fsp3) is 0.500. The molecule has 0 spiro atoms. The highest BCUT2D eigenvalue weighted by Gasteiger charge is 2.44. The van der Waals surface area contributed by atoms with Crippen molar-refractivity contribution in [2.45, 2.75) is 103 Å². The van der Waals surface area contributed by atoms with Gasteiger partial charge < -0.3 is 49.1 Å². The van der Waals surface area contributed by atoms with E-state index in [0.29, 0.717) is 38.4 Å². The maximum absolute atomic E-state index is 14.2. The zero-order valence-corrected chi connectivity index (χ0v) is 37.9. The summed E-state index contributed by atoms with van der Waals surface area (Å²) >= 11 is 0. The number of amides is 4. The van der Waals surface area contributed by atoms with Crippen molar-refractivity contribution in [2.24, 2.45) is 16.8 Å². The molecule has 0 bridgehead atoms. The Balaban J connectivity index is 1.02. The number of likely N-dealkylation sites (tertiary alicyclic amines) is 2. The van der Waals surface area contributed by atoms with Crippen molar-refractivity contribution in [1.29, 1.82) is 0 Å². The van der Waals surface area contributed by atoms with Crippen LogP contribution in [0.3, 0.4) is 0 Å². The Bertz CT molecular complexity index is 2470. The monoisotopic (exact) mass is 877 g/mol. The molecule has 1 aromatic heterocycles. The Kier molecular flexibility index (Phi) is 13.0. The summed E-state index contributed by atoms with van der Waals surface area (Å²) in [7, 11) is 5.74. The third-order valence-corrected chi connectivity index (χ3v) is 13.7. The third kappa shape index (κ3) is 8.40. The molecule has 0 saturated carbocycles. The van der Waals surface area contributed by atoms with Crippen molar-refractivity contribution >= 4 is 46.2 Å². The van der Waals surface area contributed by atoms with Gasteiger partial charge in [0.15, 0.2) is 0 Å². The number of rotatable bonds is 13. The molecule has 4 aromatic rings. The van der Waals surface area contributed by atoms with Crippen molar-refractivity contribution in [3.8, 4) is 28.1 Å². The highest BCUT2D eigenvalue weighted by Crippen LogP contribution is 2.45. The molecule has 3 aromatic carbocycles. The first-order chi connectivity index (χ1) is 30.9. The molecule has 8 atom stereocenters. The SMILES string of the molecule is CC[C@H](C)C(NC(=O)OC)C(=O)N1[C@@H](C)CC[C@H]1c1ncc(-c2ccc3c(c2)COc2cc4c5c(ccc4cc2-3)N=C([C@@H]2C[C@H](COC)CN2C(=O)[C@@H](NC(=O)OC)[C@@H](C)OC)C5)[nH]1. The normalized spacial score (nSPS) is 21.8. The number of aliphatic imine (C=N–C) groups is 1. The van der Waals surface area contributed by atoms with Crippen LogP contribution in [0.2, 0.25) is 0 Å². The van der Waals surface area contributed by atoms with Gasteiger partial charge >= 0.3 is 12.2 Å². The van der Waals surface area contributed by atoms with Crippen molar-refractivity contribution in [3.63, 3.8) is 0 Å². The van der Waals surface area contributed by atoms with Crippen LogP contribution in [0, 0.1) is 11.8 Å². The second kappa shape index (κ2) is 18.6. The second-order valence-corrected chi connectivity index (χ2v) is 17.6. The Hall–Kier alpha value is -6.00. The molecule has 4 aliphatic heterocycles. The fourth-order valence-corrected chi connectivity index (χ4v) is 9.92. The Morgan fingerprint density at radius 2 is 1.69 bits per heavy atom. The van der Waals surface area contributed by atoms with Crippen LogP contribution in [0.5, 0.6) is 5.75 Å². The summed E-state index contributed by atoms with van der Waals surface area (Å²) in [4.78, 5) is 69.9. The number of H-pyrrole nitrogens is 1. The van der Waals surface area contributed by atoms with Crippen LogP contribution < -0.4 is 15.4 Å².